The third kappa shape index (κ3) is 3.22. The third-order valence-electron chi connectivity index (χ3n) is 4.00. The summed E-state index contributed by atoms with van der Waals surface area (Å²) < 4.78 is 5.83. The van der Waals surface area contributed by atoms with Crippen molar-refractivity contribution in [2.24, 2.45) is 0 Å². The van der Waals surface area contributed by atoms with E-state index in [-0.39, 0.29) is 0 Å². The molecule has 0 aliphatic carbocycles. The van der Waals surface area contributed by atoms with E-state index in [1.165, 1.54) is 12.8 Å². The molecule has 0 N–H and O–H groups in total. The topological polar surface area (TPSA) is 25.4 Å². The van der Waals surface area contributed by atoms with Crippen LogP contribution in [0.2, 0.25) is 0 Å². The maximum absolute atomic E-state index is 5.83. The number of anilines is 1. The molecule has 0 bridgehead atoms. The molecule has 0 spiro atoms. The molecule has 1 aliphatic rings. The molecule has 1 fully saturated rings. The zero-order valence-electron chi connectivity index (χ0n) is 12.8. The summed E-state index contributed by atoms with van der Waals surface area (Å²) in [7, 11) is 0. The standard InChI is InChI=1S/C19H18N2OS/c1-2-6-16(7-3-1)22-17-10-8-15(9-11-17)18-14-23-19(20-18)21-12-4-5-13-21/h1-3,6-11,14H,4-5,12-13H2. The molecule has 1 saturated heterocycles. The van der Waals surface area contributed by atoms with Crippen molar-refractivity contribution in [3.8, 4) is 22.8 Å². The smallest absolute Gasteiger partial charge is 0.185 e. The molecule has 0 unspecified atom stereocenters. The van der Waals surface area contributed by atoms with Gasteiger partial charge in [-0.3, -0.25) is 0 Å². The zero-order chi connectivity index (χ0) is 15.5. The van der Waals surface area contributed by atoms with Crippen LogP contribution in [0.4, 0.5) is 5.13 Å². The van der Waals surface area contributed by atoms with Gasteiger partial charge in [0, 0.05) is 24.0 Å². The molecule has 1 aliphatic heterocycles. The molecule has 2 heterocycles. The number of rotatable bonds is 4. The molecule has 0 radical (unpaired) electrons. The predicted molar refractivity (Wildman–Crippen MR) is 95.5 cm³/mol. The lowest BCUT2D eigenvalue weighted by atomic mass is 10.2. The van der Waals surface area contributed by atoms with Gasteiger partial charge in [0.1, 0.15) is 11.5 Å². The first-order chi connectivity index (χ1) is 11.4. The summed E-state index contributed by atoms with van der Waals surface area (Å²) in [5.41, 5.74) is 2.18. The van der Waals surface area contributed by atoms with Gasteiger partial charge in [0.2, 0.25) is 0 Å². The highest BCUT2D eigenvalue weighted by Crippen LogP contribution is 2.31. The first-order valence-electron chi connectivity index (χ1n) is 7.92. The quantitative estimate of drug-likeness (QED) is 0.660. The van der Waals surface area contributed by atoms with Crippen LogP contribution in [0.25, 0.3) is 11.3 Å². The summed E-state index contributed by atoms with van der Waals surface area (Å²) in [4.78, 5) is 7.16. The van der Waals surface area contributed by atoms with E-state index in [0.29, 0.717) is 0 Å². The SMILES string of the molecule is c1ccc(Oc2ccc(-c3csc(N4CCCC4)n3)cc2)cc1. The highest BCUT2D eigenvalue weighted by atomic mass is 32.1. The van der Waals surface area contributed by atoms with Crippen LogP contribution in [0.15, 0.2) is 60.0 Å². The lowest BCUT2D eigenvalue weighted by Gasteiger charge is -2.12. The van der Waals surface area contributed by atoms with Crippen LogP contribution in [0, 0.1) is 0 Å². The predicted octanol–water partition coefficient (Wildman–Crippen LogP) is 5.20. The molecule has 3 nitrogen and oxygen atoms in total. The largest absolute Gasteiger partial charge is 0.457 e. The van der Waals surface area contributed by atoms with E-state index in [1.807, 2.05) is 42.5 Å². The van der Waals surface area contributed by atoms with E-state index in [1.54, 1.807) is 11.3 Å². The summed E-state index contributed by atoms with van der Waals surface area (Å²) in [5.74, 6) is 1.69. The van der Waals surface area contributed by atoms with E-state index in [2.05, 4.69) is 22.4 Å². The summed E-state index contributed by atoms with van der Waals surface area (Å²) in [6.45, 7) is 2.27. The van der Waals surface area contributed by atoms with Crippen molar-refractivity contribution < 1.29 is 4.74 Å². The van der Waals surface area contributed by atoms with Gasteiger partial charge < -0.3 is 9.64 Å². The second-order valence-electron chi connectivity index (χ2n) is 5.65. The highest BCUT2D eigenvalue weighted by molar-refractivity contribution is 7.14. The number of hydrogen-bond acceptors (Lipinski definition) is 4. The molecule has 116 valence electrons. The Morgan fingerprint density at radius 3 is 2.30 bits per heavy atom. The lowest BCUT2D eigenvalue weighted by molar-refractivity contribution is 0.483. The van der Waals surface area contributed by atoms with Crippen molar-refractivity contribution in [3.63, 3.8) is 0 Å². The van der Waals surface area contributed by atoms with Gasteiger partial charge in [-0.05, 0) is 49.2 Å². The number of thiazole rings is 1. The molecule has 2 aromatic carbocycles. The average molecular weight is 322 g/mol. The van der Waals surface area contributed by atoms with Crippen molar-refractivity contribution in [2.45, 2.75) is 12.8 Å². The molecular formula is C19H18N2OS. The summed E-state index contributed by atoms with van der Waals surface area (Å²) in [6, 6.07) is 18.0. The van der Waals surface area contributed by atoms with Gasteiger partial charge in [-0.15, -0.1) is 11.3 Å². The second kappa shape index (κ2) is 6.42. The van der Waals surface area contributed by atoms with E-state index >= 15 is 0 Å². The van der Waals surface area contributed by atoms with Crippen LogP contribution in [-0.4, -0.2) is 18.1 Å². The fourth-order valence-corrected chi connectivity index (χ4v) is 3.66. The Hall–Kier alpha value is -2.33. The summed E-state index contributed by atoms with van der Waals surface area (Å²) in [5, 5.41) is 3.28. The zero-order valence-corrected chi connectivity index (χ0v) is 13.6. The highest BCUT2D eigenvalue weighted by Gasteiger charge is 2.16. The van der Waals surface area contributed by atoms with Crippen LogP contribution in [-0.2, 0) is 0 Å². The third-order valence-corrected chi connectivity index (χ3v) is 4.90. The van der Waals surface area contributed by atoms with Gasteiger partial charge in [-0.1, -0.05) is 18.2 Å². The van der Waals surface area contributed by atoms with E-state index in [9.17, 15) is 0 Å². The molecular weight excluding hydrogens is 304 g/mol. The molecule has 1 aromatic heterocycles. The van der Waals surface area contributed by atoms with Crippen molar-refractivity contribution in [1.29, 1.82) is 0 Å². The molecule has 4 rings (SSSR count). The van der Waals surface area contributed by atoms with Gasteiger partial charge >= 0.3 is 0 Å². The van der Waals surface area contributed by atoms with Crippen molar-refractivity contribution in [1.82, 2.24) is 4.98 Å². The Balaban J connectivity index is 1.49. The van der Waals surface area contributed by atoms with Crippen LogP contribution in [0.1, 0.15) is 12.8 Å². The fraction of sp³-hybridized carbons (Fsp3) is 0.211. The number of benzene rings is 2. The van der Waals surface area contributed by atoms with Crippen molar-refractivity contribution in [2.75, 3.05) is 18.0 Å². The number of nitrogens with zero attached hydrogens (tertiary/aromatic N) is 2. The number of para-hydroxylation sites is 1. The minimum Gasteiger partial charge on any atom is -0.457 e. The van der Waals surface area contributed by atoms with Crippen molar-refractivity contribution in [3.05, 3.63) is 60.0 Å². The summed E-state index contributed by atoms with van der Waals surface area (Å²) >= 11 is 1.73. The van der Waals surface area contributed by atoms with Gasteiger partial charge in [0.25, 0.3) is 0 Å². The van der Waals surface area contributed by atoms with Crippen LogP contribution in [0.5, 0.6) is 11.5 Å². The second-order valence-corrected chi connectivity index (χ2v) is 6.49. The van der Waals surface area contributed by atoms with Gasteiger partial charge in [0.05, 0.1) is 5.69 Å². The maximum atomic E-state index is 5.83. The van der Waals surface area contributed by atoms with E-state index in [4.69, 9.17) is 9.72 Å². The minimum atomic E-state index is 0.843. The van der Waals surface area contributed by atoms with Crippen LogP contribution in [0.3, 0.4) is 0 Å². The Kier molecular flexibility index (Phi) is 3.99. The Morgan fingerprint density at radius 2 is 1.57 bits per heavy atom. The monoisotopic (exact) mass is 322 g/mol. The Bertz CT molecular complexity index is 762. The number of ether oxygens (including phenoxy) is 1. The molecule has 23 heavy (non-hydrogen) atoms. The van der Waals surface area contributed by atoms with Crippen LogP contribution < -0.4 is 9.64 Å². The number of aromatic nitrogens is 1. The number of hydrogen-bond donors (Lipinski definition) is 0. The average Bonchev–Trinajstić information content (AvgIpc) is 3.28. The summed E-state index contributed by atoms with van der Waals surface area (Å²) in [6.07, 6.45) is 2.56. The lowest BCUT2D eigenvalue weighted by Crippen LogP contribution is -2.17. The Morgan fingerprint density at radius 1 is 0.870 bits per heavy atom. The van der Waals surface area contributed by atoms with Gasteiger partial charge in [-0.25, -0.2) is 4.98 Å². The first kappa shape index (κ1) is 14.3. The Labute approximate surface area is 140 Å². The minimum absolute atomic E-state index is 0.843. The normalized spacial score (nSPS) is 14.2. The van der Waals surface area contributed by atoms with Gasteiger partial charge in [0.15, 0.2) is 5.13 Å². The van der Waals surface area contributed by atoms with Crippen molar-refractivity contribution >= 4 is 16.5 Å². The molecule has 3 aromatic rings. The van der Waals surface area contributed by atoms with E-state index < -0.39 is 0 Å². The molecule has 0 saturated carbocycles. The van der Waals surface area contributed by atoms with E-state index in [0.717, 1.165) is 41.0 Å². The van der Waals surface area contributed by atoms with Gasteiger partial charge in [-0.2, -0.15) is 0 Å². The maximum Gasteiger partial charge on any atom is 0.185 e. The first-order valence-corrected chi connectivity index (χ1v) is 8.80. The van der Waals surface area contributed by atoms with Crippen LogP contribution >= 0.6 is 11.3 Å². The molecule has 0 amide bonds. The molecule has 0 atom stereocenters. The fourth-order valence-electron chi connectivity index (χ4n) is 2.77. The molecule has 4 heteroatoms.